The molecule has 0 aliphatic heterocycles. The van der Waals surface area contributed by atoms with Gasteiger partial charge in [0.2, 0.25) is 0 Å². The third-order valence-electron chi connectivity index (χ3n) is 3.26. The molecule has 19 heavy (non-hydrogen) atoms. The number of methoxy groups -OCH3 is 1. The molecule has 0 aliphatic carbocycles. The number of hydrogen-bond acceptors (Lipinski definition) is 2. The van der Waals surface area contributed by atoms with Crippen LogP contribution in [0.3, 0.4) is 0 Å². The van der Waals surface area contributed by atoms with Crippen LogP contribution in [0.2, 0.25) is 5.02 Å². The molecule has 0 fully saturated rings. The molecule has 2 N–H and O–H groups in total. The van der Waals surface area contributed by atoms with Crippen LogP contribution in [0, 0.1) is 0 Å². The number of hydrogen-bond donors (Lipinski definition) is 1. The minimum atomic E-state index is 0.105. The molecule has 2 nitrogen and oxygen atoms in total. The first-order chi connectivity index (χ1) is 9.15. The summed E-state index contributed by atoms with van der Waals surface area (Å²) in [6.45, 7) is 2.09. The molecule has 2 rings (SSSR count). The quantitative estimate of drug-likeness (QED) is 0.896. The molecule has 0 heterocycles. The van der Waals surface area contributed by atoms with E-state index < -0.39 is 0 Å². The van der Waals surface area contributed by atoms with Gasteiger partial charge in [-0.1, -0.05) is 48.9 Å². The van der Waals surface area contributed by atoms with Crippen LogP contribution in [0.5, 0.6) is 5.75 Å². The standard InChI is InChI=1S/C16H18ClNO/c1-3-15(18)12-6-4-11(5-7-12)13-8-9-14(17)16(10-13)19-2/h4-10,15H,3,18H2,1-2H3. The Bertz CT molecular complexity index is 551. The molecule has 0 spiro atoms. The lowest BCUT2D eigenvalue weighted by Crippen LogP contribution is -2.08. The van der Waals surface area contributed by atoms with E-state index in [1.54, 1.807) is 7.11 Å². The minimum Gasteiger partial charge on any atom is -0.495 e. The Hall–Kier alpha value is -1.51. The van der Waals surface area contributed by atoms with Gasteiger partial charge in [-0.2, -0.15) is 0 Å². The molecule has 0 aromatic heterocycles. The first-order valence-corrected chi connectivity index (χ1v) is 6.73. The molecule has 2 aromatic rings. The summed E-state index contributed by atoms with van der Waals surface area (Å²) in [5, 5.41) is 0.621. The van der Waals surface area contributed by atoms with E-state index in [2.05, 4.69) is 31.2 Å². The molecule has 0 bridgehead atoms. The lowest BCUT2D eigenvalue weighted by atomic mass is 10.00. The van der Waals surface area contributed by atoms with Crippen LogP contribution in [0.1, 0.15) is 24.9 Å². The van der Waals surface area contributed by atoms with Crippen molar-refractivity contribution in [2.75, 3.05) is 7.11 Å². The largest absolute Gasteiger partial charge is 0.495 e. The Morgan fingerprint density at radius 1 is 1.11 bits per heavy atom. The maximum absolute atomic E-state index is 6.03. The van der Waals surface area contributed by atoms with Gasteiger partial charge in [0.25, 0.3) is 0 Å². The van der Waals surface area contributed by atoms with Gasteiger partial charge in [-0.05, 0) is 35.2 Å². The van der Waals surface area contributed by atoms with Crippen LogP contribution in [0.15, 0.2) is 42.5 Å². The van der Waals surface area contributed by atoms with E-state index in [1.807, 2.05) is 18.2 Å². The van der Waals surface area contributed by atoms with Crippen LogP contribution in [0.25, 0.3) is 11.1 Å². The van der Waals surface area contributed by atoms with Gasteiger partial charge in [0.15, 0.2) is 0 Å². The molecule has 0 aliphatic rings. The van der Waals surface area contributed by atoms with Crippen molar-refractivity contribution >= 4 is 11.6 Å². The second-order valence-electron chi connectivity index (χ2n) is 4.49. The predicted molar refractivity (Wildman–Crippen MR) is 80.7 cm³/mol. The molecular weight excluding hydrogens is 258 g/mol. The Kier molecular flexibility index (Phi) is 4.46. The van der Waals surface area contributed by atoms with Crippen LogP contribution < -0.4 is 10.5 Å². The van der Waals surface area contributed by atoms with E-state index in [1.165, 1.54) is 0 Å². The third kappa shape index (κ3) is 3.09. The van der Waals surface area contributed by atoms with Gasteiger partial charge in [-0.15, -0.1) is 0 Å². The highest BCUT2D eigenvalue weighted by molar-refractivity contribution is 6.32. The van der Waals surface area contributed by atoms with Gasteiger partial charge in [-0.3, -0.25) is 0 Å². The Balaban J connectivity index is 2.32. The van der Waals surface area contributed by atoms with Crippen molar-refractivity contribution in [2.24, 2.45) is 5.73 Å². The van der Waals surface area contributed by atoms with Crippen molar-refractivity contribution in [1.82, 2.24) is 0 Å². The Morgan fingerprint density at radius 3 is 2.32 bits per heavy atom. The highest BCUT2D eigenvalue weighted by Crippen LogP contribution is 2.30. The summed E-state index contributed by atoms with van der Waals surface area (Å²) in [4.78, 5) is 0. The molecule has 0 saturated heterocycles. The van der Waals surface area contributed by atoms with E-state index in [4.69, 9.17) is 22.1 Å². The second-order valence-corrected chi connectivity index (χ2v) is 4.89. The SMILES string of the molecule is CCC(N)c1ccc(-c2ccc(Cl)c(OC)c2)cc1. The molecule has 1 unspecified atom stereocenters. The fourth-order valence-electron chi connectivity index (χ4n) is 2.00. The van der Waals surface area contributed by atoms with Gasteiger partial charge in [0.1, 0.15) is 5.75 Å². The van der Waals surface area contributed by atoms with Gasteiger partial charge in [0, 0.05) is 6.04 Å². The number of ether oxygens (including phenoxy) is 1. The van der Waals surface area contributed by atoms with Crippen molar-refractivity contribution in [3.63, 3.8) is 0 Å². The molecule has 0 saturated carbocycles. The Morgan fingerprint density at radius 2 is 1.74 bits per heavy atom. The zero-order valence-electron chi connectivity index (χ0n) is 11.2. The summed E-state index contributed by atoms with van der Waals surface area (Å²) >= 11 is 6.03. The molecule has 100 valence electrons. The molecule has 1 atom stereocenters. The maximum atomic E-state index is 6.03. The average Bonchev–Trinajstić information content (AvgIpc) is 2.47. The first-order valence-electron chi connectivity index (χ1n) is 6.35. The van der Waals surface area contributed by atoms with Gasteiger partial charge in [0.05, 0.1) is 12.1 Å². The summed E-state index contributed by atoms with van der Waals surface area (Å²) in [5.74, 6) is 0.688. The molecule has 3 heteroatoms. The summed E-state index contributed by atoms with van der Waals surface area (Å²) in [5.41, 5.74) is 9.38. The zero-order chi connectivity index (χ0) is 13.8. The number of benzene rings is 2. The normalized spacial score (nSPS) is 12.2. The number of rotatable bonds is 4. The van der Waals surface area contributed by atoms with Crippen molar-refractivity contribution < 1.29 is 4.74 Å². The van der Waals surface area contributed by atoms with E-state index in [-0.39, 0.29) is 6.04 Å². The summed E-state index contributed by atoms with van der Waals surface area (Å²) in [6, 6.07) is 14.2. The number of nitrogens with two attached hydrogens (primary N) is 1. The van der Waals surface area contributed by atoms with Gasteiger partial charge in [-0.25, -0.2) is 0 Å². The maximum Gasteiger partial charge on any atom is 0.138 e. The second kappa shape index (κ2) is 6.09. The molecular formula is C16H18ClNO. The van der Waals surface area contributed by atoms with Crippen LogP contribution in [0.4, 0.5) is 0 Å². The lowest BCUT2D eigenvalue weighted by Gasteiger charge is -2.11. The van der Waals surface area contributed by atoms with E-state index in [0.29, 0.717) is 10.8 Å². The lowest BCUT2D eigenvalue weighted by molar-refractivity contribution is 0.415. The zero-order valence-corrected chi connectivity index (χ0v) is 11.9. The highest BCUT2D eigenvalue weighted by atomic mass is 35.5. The summed E-state index contributed by atoms with van der Waals surface area (Å²) < 4.78 is 5.23. The Labute approximate surface area is 119 Å². The third-order valence-corrected chi connectivity index (χ3v) is 3.58. The highest BCUT2D eigenvalue weighted by Gasteiger charge is 2.06. The van der Waals surface area contributed by atoms with Crippen molar-refractivity contribution in [3.05, 3.63) is 53.1 Å². The van der Waals surface area contributed by atoms with Crippen molar-refractivity contribution in [3.8, 4) is 16.9 Å². The van der Waals surface area contributed by atoms with Crippen LogP contribution in [-0.2, 0) is 0 Å². The van der Waals surface area contributed by atoms with E-state index in [0.717, 1.165) is 23.1 Å². The summed E-state index contributed by atoms with van der Waals surface area (Å²) in [6.07, 6.45) is 0.939. The predicted octanol–water partition coefficient (Wildman–Crippen LogP) is 4.43. The topological polar surface area (TPSA) is 35.2 Å². The summed E-state index contributed by atoms with van der Waals surface area (Å²) in [7, 11) is 1.62. The molecule has 2 aromatic carbocycles. The minimum absolute atomic E-state index is 0.105. The smallest absolute Gasteiger partial charge is 0.138 e. The molecule has 0 amide bonds. The average molecular weight is 276 g/mol. The first kappa shape index (κ1) is 13.9. The van der Waals surface area contributed by atoms with Crippen LogP contribution in [-0.4, -0.2) is 7.11 Å². The molecule has 0 radical (unpaired) electrons. The van der Waals surface area contributed by atoms with Crippen LogP contribution >= 0.6 is 11.6 Å². The fourth-order valence-corrected chi connectivity index (χ4v) is 2.19. The van der Waals surface area contributed by atoms with Crippen molar-refractivity contribution in [2.45, 2.75) is 19.4 Å². The number of halogens is 1. The van der Waals surface area contributed by atoms with Gasteiger partial charge >= 0.3 is 0 Å². The van der Waals surface area contributed by atoms with E-state index >= 15 is 0 Å². The fraction of sp³-hybridized carbons (Fsp3) is 0.250. The van der Waals surface area contributed by atoms with E-state index in [9.17, 15) is 0 Å². The van der Waals surface area contributed by atoms with Crippen molar-refractivity contribution in [1.29, 1.82) is 0 Å². The van der Waals surface area contributed by atoms with Gasteiger partial charge < -0.3 is 10.5 Å². The monoisotopic (exact) mass is 275 g/mol.